The zero-order chi connectivity index (χ0) is 12.3. The number of aliphatic hydroxyl groups is 1. The van der Waals surface area contributed by atoms with Crippen LogP contribution < -0.4 is 10.6 Å². The van der Waals surface area contributed by atoms with Crippen LogP contribution in [0, 0.1) is 5.92 Å². The Balaban J connectivity index is 1.81. The maximum Gasteiger partial charge on any atom is 0.0716 e. The Kier molecular flexibility index (Phi) is 4.65. The molecule has 0 aliphatic carbocycles. The molecule has 2 unspecified atom stereocenters. The number of hydrogen-bond acceptors (Lipinski definition) is 3. The van der Waals surface area contributed by atoms with Gasteiger partial charge >= 0.3 is 0 Å². The minimum Gasteiger partial charge on any atom is -0.391 e. The van der Waals surface area contributed by atoms with Crippen LogP contribution in [0.2, 0.25) is 10.0 Å². The summed E-state index contributed by atoms with van der Waals surface area (Å²) < 4.78 is 0. The molecule has 0 spiro atoms. The van der Waals surface area contributed by atoms with Gasteiger partial charge in [0.25, 0.3) is 0 Å². The van der Waals surface area contributed by atoms with E-state index in [1.165, 1.54) is 0 Å². The molecule has 0 aromatic heterocycles. The fraction of sp³-hybridized carbons (Fsp3) is 0.500. The van der Waals surface area contributed by atoms with E-state index in [1.54, 1.807) is 6.07 Å². The molecule has 0 bridgehead atoms. The Morgan fingerprint density at radius 1 is 1.24 bits per heavy atom. The lowest BCUT2D eigenvalue weighted by Crippen LogP contribution is -2.30. The highest BCUT2D eigenvalue weighted by molar-refractivity contribution is 6.34. The number of halogens is 2. The fourth-order valence-electron chi connectivity index (χ4n) is 2.04. The maximum atomic E-state index is 9.63. The van der Waals surface area contributed by atoms with Gasteiger partial charge < -0.3 is 15.7 Å². The highest BCUT2D eigenvalue weighted by atomic mass is 35.5. The first-order valence-corrected chi connectivity index (χ1v) is 6.45. The average molecular weight is 275 g/mol. The molecule has 3 nitrogen and oxygen atoms in total. The summed E-state index contributed by atoms with van der Waals surface area (Å²) in [7, 11) is 0. The van der Waals surface area contributed by atoms with Crippen molar-refractivity contribution in [2.75, 3.05) is 19.6 Å². The van der Waals surface area contributed by atoms with Crippen molar-refractivity contribution in [3.63, 3.8) is 0 Å². The molecule has 1 heterocycles. The molecular weight excluding hydrogens is 259 g/mol. The Morgan fingerprint density at radius 3 is 2.53 bits per heavy atom. The largest absolute Gasteiger partial charge is 0.391 e. The van der Waals surface area contributed by atoms with E-state index < -0.39 is 0 Å². The van der Waals surface area contributed by atoms with Crippen molar-refractivity contribution in [1.82, 2.24) is 10.6 Å². The van der Waals surface area contributed by atoms with Crippen molar-refractivity contribution >= 4 is 23.2 Å². The molecule has 3 N–H and O–H groups in total. The quantitative estimate of drug-likeness (QED) is 0.783. The summed E-state index contributed by atoms with van der Waals surface area (Å²) in [5.74, 6) is 0.282. The van der Waals surface area contributed by atoms with E-state index in [-0.39, 0.29) is 12.0 Å². The van der Waals surface area contributed by atoms with Crippen molar-refractivity contribution < 1.29 is 5.11 Å². The van der Waals surface area contributed by atoms with Gasteiger partial charge in [-0.1, -0.05) is 23.2 Å². The lowest BCUT2D eigenvalue weighted by atomic mass is 10.1. The Morgan fingerprint density at radius 2 is 1.94 bits per heavy atom. The number of aliphatic hydroxyl groups excluding tert-OH is 1. The molecule has 2 rings (SSSR count). The van der Waals surface area contributed by atoms with E-state index in [0.717, 1.165) is 18.7 Å². The molecular formula is C12H16Cl2N2O. The van der Waals surface area contributed by atoms with E-state index in [4.69, 9.17) is 23.2 Å². The number of benzene rings is 1. The van der Waals surface area contributed by atoms with E-state index >= 15 is 0 Å². The molecule has 94 valence electrons. The number of rotatable bonds is 4. The lowest BCUT2D eigenvalue weighted by molar-refractivity contribution is 0.146. The maximum absolute atomic E-state index is 9.63. The van der Waals surface area contributed by atoms with Crippen LogP contribution in [0.5, 0.6) is 0 Å². The van der Waals surface area contributed by atoms with Crippen molar-refractivity contribution in [3.05, 3.63) is 33.8 Å². The third-order valence-corrected chi connectivity index (χ3v) is 3.40. The van der Waals surface area contributed by atoms with Crippen LogP contribution in [-0.2, 0) is 6.54 Å². The summed E-state index contributed by atoms with van der Waals surface area (Å²) in [6.07, 6.45) is -0.245. The second kappa shape index (κ2) is 6.03. The predicted molar refractivity (Wildman–Crippen MR) is 70.5 cm³/mol. The van der Waals surface area contributed by atoms with Crippen LogP contribution in [0.1, 0.15) is 5.56 Å². The third kappa shape index (κ3) is 3.83. The van der Waals surface area contributed by atoms with Gasteiger partial charge in [-0.2, -0.15) is 0 Å². The monoisotopic (exact) mass is 274 g/mol. The average Bonchev–Trinajstić information content (AvgIpc) is 2.63. The standard InChI is InChI=1S/C12H16Cl2N2O/c13-10-1-8(2-11(14)3-10)4-15-5-9-6-16-7-12(9)17/h1-3,9,12,15-17H,4-7H2. The summed E-state index contributed by atoms with van der Waals surface area (Å²) >= 11 is 11.8. The van der Waals surface area contributed by atoms with Crippen LogP contribution in [0.3, 0.4) is 0 Å². The summed E-state index contributed by atoms with van der Waals surface area (Å²) in [6.45, 7) is 3.06. The van der Waals surface area contributed by atoms with Gasteiger partial charge in [-0.3, -0.25) is 0 Å². The second-order valence-electron chi connectivity index (χ2n) is 4.39. The molecule has 1 aliphatic rings. The minimum absolute atomic E-state index is 0.245. The van der Waals surface area contributed by atoms with Gasteiger partial charge in [-0.15, -0.1) is 0 Å². The first kappa shape index (κ1) is 13.1. The normalized spacial score (nSPS) is 24.2. The van der Waals surface area contributed by atoms with Crippen molar-refractivity contribution in [2.45, 2.75) is 12.6 Å². The number of nitrogens with one attached hydrogen (secondary N) is 2. The van der Waals surface area contributed by atoms with Gasteiger partial charge in [0.1, 0.15) is 0 Å². The van der Waals surface area contributed by atoms with E-state index in [9.17, 15) is 5.11 Å². The minimum atomic E-state index is -0.245. The summed E-state index contributed by atoms with van der Waals surface area (Å²) in [6, 6.07) is 5.50. The van der Waals surface area contributed by atoms with Gasteiger partial charge in [0.2, 0.25) is 0 Å². The second-order valence-corrected chi connectivity index (χ2v) is 5.27. The molecule has 17 heavy (non-hydrogen) atoms. The summed E-state index contributed by atoms with van der Waals surface area (Å²) in [5.41, 5.74) is 1.06. The van der Waals surface area contributed by atoms with Gasteiger partial charge in [-0.25, -0.2) is 0 Å². The van der Waals surface area contributed by atoms with Crippen LogP contribution >= 0.6 is 23.2 Å². The molecule has 0 radical (unpaired) electrons. The van der Waals surface area contributed by atoms with Gasteiger partial charge in [0.15, 0.2) is 0 Å². The van der Waals surface area contributed by atoms with Crippen LogP contribution in [0.4, 0.5) is 0 Å². The highest BCUT2D eigenvalue weighted by Gasteiger charge is 2.23. The Bertz CT molecular complexity index is 367. The molecule has 0 saturated carbocycles. The van der Waals surface area contributed by atoms with Crippen molar-refractivity contribution in [3.8, 4) is 0 Å². The molecule has 2 atom stereocenters. The SMILES string of the molecule is OC1CNCC1CNCc1cc(Cl)cc(Cl)c1. The third-order valence-electron chi connectivity index (χ3n) is 2.96. The molecule has 1 aromatic carbocycles. The molecule has 1 saturated heterocycles. The van der Waals surface area contributed by atoms with Crippen LogP contribution in [-0.4, -0.2) is 30.8 Å². The lowest BCUT2D eigenvalue weighted by Gasteiger charge is -2.14. The highest BCUT2D eigenvalue weighted by Crippen LogP contribution is 2.19. The molecule has 1 fully saturated rings. The number of hydrogen-bond donors (Lipinski definition) is 3. The smallest absolute Gasteiger partial charge is 0.0716 e. The first-order valence-electron chi connectivity index (χ1n) is 5.69. The van der Waals surface area contributed by atoms with Crippen LogP contribution in [0.25, 0.3) is 0 Å². The van der Waals surface area contributed by atoms with E-state index in [2.05, 4.69) is 10.6 Å². The van der Waals surface area contributed by atoms with E-state index in [0.29, 0.717) is 23.1 Å². The van der Waals surface area contributed by atoms with Crippen molar-refractivity contribution in [1.29, 1.82) is 0 Å². The summed E-state index contributed by atoms with van der Waals surface area (Å²) in [4.78, 5) is 0. The van der Waals surface area contributed by atoms with Crippen LogP contribution in [0.15, 0.2) is 18.2 Å². The Labute approximate surface area is 111 Å². The van der Waals surface area contributed by atoms with Gasteiger partial charge in [0.05, 0.1) is 6.10 Å². The predicted octanol–water partition coefficient (Wildman–Crippen LogP) is 1.66. The molecule has 5 heteroatoms. The first-order chi connectivity index (χ1) is 8.15. The van der Waals surface area contributed by atoms with Gasteiger partial charge in [-0.05, 0) is 23.8 Å². The fourth-order valence-corrected chi connectivity index (χ4v) is 2.61. The Hall–Kier alpha value is -0.320. The molecule has 0 amide bonds. The van der Waals surface area contributed by atoms with E-state index in [1.807, 2.05) is 12.1 Å². The zero-order valence-electron chi connectivity index (χ0n) is 9.42. The molecule has 1 aliphatic heterocycles. The van der Waals surface area contributed by atoms with Gasteiger partial charge in [0, 0.05) is 42.1 Å². The molecule has 1 aromatic rings. The van der Waals surface area contributed by atoms with Crippen molar-refractivity contribution in [2.24, 2.45) is 5.92 Å². The zero-order valence-corrected chi connectivity index (χ0v) is 10.9. The number of β-amino-alcohol motifs (C(OH)–C–C–N with tert-alkyl or cyclic N) is 1. The summed E-state index contributed by atoms with van der Waals surface area (Å²) in [5, 5.41) is 17.4. The topological polar surface area (TPSA) is 44.3 Å².